The number of nitrogens with zero attached hydrogens (tertiary/aromatic N) is 1. The van der Waals surface area contributed by atoms with Gasteiger partial charge in [0.25, 0.3) is 0 Å². The first kappa shape index (κ1) is 12.9. The van der Waals surface area contributed by atoms with Gasteiger partial charge >= 0.3 is 0 Å². The molecule has 2 nitrogen and oxygen atoms in total. The van der Waals surface area contributed by atoms with E-state index >= 15 is 0 Å². The Morgan fingerprint density at radius 2 is 1.94 bits per heavy atom. The summed E-state index contributed by atoms with van der Waals surface area (Å²) in [5.74, 6) is 0.956. The van der Waals surface area contributed by atoms with Crippen LogP contribution in [-0.2, 0) is 0 Å². The topological polar surface area (TPSA) is 15.3 Å². The second-order valence-corrected chi connectivity index (χ2v) is 7.36. The van der Waals surface area contributed by atoms with Gasteiger partial charge in [0.05, 0.1) is 0 Å². The van der Waals surface area contributed by atoms with Crippen molar-refractivity contribution in [1.82, 2.24) is 10.2 Å². The van der Waals surface area contributed by atoms with Gasteiger partial charge < -0.3 is 5.32 Å². The van der Waals surface area contributed by atoms with Crippen LogP contribution in [0, 0.1) is 5.92 Å². The molecule has 2 atom stereocenters. The van der Waals surface area contributed by atoms with Gasteiger partial charge in [-0.25, -0.2) is 0 Å². The molecule has 1 saturated heterocycles. The molecule has 1 aliphatic heterocycles. The van der Waals surface area contributed by atoms with Crippen molar-refractivity contribution < 1.29 is 0 Å². The Morgan fingerprint density at radius 1 is 1.28 bits per heavy atom. The van der Waals surface area contributed by atoms with Crippen LogP contribution >= 0.6 is 0 Å². The molecule has 0 bridgehead atoms. The monoisotopic (exact) mass is 250 g/mol. The van der Waals surface area contributed by atoms with Gasteiger partial charge in [0, 0.05) is 30.2 Å². The maximum absolute atomic E-state index is 3.97. The van der Waals surface area contributed by atoms with Crippen molar-refractivity contribution in [3.8, 4) is 0 Å². The quantitative estimate of drug-likeness (QED) is 0.827. The highest BCUT2D eigenvalue weighted by atomic mass is 15.3. The molecule has 0 aromatic carbocycles. The van der Waals surface area contributed by atoms with Crippen molar-refractivity contribution in [2.45, 2.75) is 82.8 Å². The second-order valence-electron chi connectivity index (χ2n) is 7.36. The van der Waals surface area contributed by atoms with Crippen LogP contribution in [0.5, 0.6) is 0 Å². The van der Waals surface area contributed by atoms with Crippen LogP contribution < -0.4 is 5.32 Å². The van der Waals surface area contributed by atoms with E-state index < -0.39 is 0 Å². The zero-order valence-electron chi connectivity index (χ0n) is 12.5. The molecule has 1 N–H and O–H groups in total. The van der Waals surface area contributed by atoms with Crippen LogP contribution in [0.1, 0.15) is 65.7 Å². The van der Waals surface area contributed by atoms with Crippen molar-refractivity contribution in [2.24, 2.45) is 5.92 Å². The normalized spacial score (nSPS) is 38.2. The van der Waals surface area contributed by atoms with Gasteiger partial charge in [-0.2, -0.15) is 0 Å². The van der Waals surface area contributed by atoms with Crippen LogP contribution in [0.3, 0.4) is 0 Å². The number of nitrogens with one attached hydrogen (secondary N) is 1. The van der Waals surface area contributed by atoms with E-state index in [1.54, 1.807) is 0 Å². The van der Waals surface area contributed by atoms with Crippen LogP contribution in [0.25, 0.3) is 0 Å². The smallest absolute Gasteiger partial charge is 0.0337 e. The summed E-state index contributed by atoms with van der Waals surface area (Å²) in [6.07, 6.45) is 9.87. The molecular formula is C16H30N2. The molecule has 3 aliphatic rings. The van der Waals surface area contributed by atoms with E-state index in [4.69, 9.17) is 0 Å². The van der Waals surface area contributed by atoms with Gasteiger partial charge in [0.1, 0.15) is 0 Å². The molecule has 3 fully saturated rings. The Balaban J connectivity index is 1.81. The SMILES string of the molecule is CCC(C)N1CC2(CCCC2)NCC1(C)C1CC1. The predicted octanol–water partition coefficient (Wildman–Crippen LogP) is 3.17. The molecule has 104 valence electrons. The Bertz CT molecular complexity index is 304. The van der Waals surface area contributed by atoms with Crippen LogP contribution in [0.4, 0.5) is 0 Å². The average Bonchev–Trinajstić information content (AvgIpc) is 3.15. The van der Waals surface area contributed by atoms with E-state index in [9.17, 15) is 0 Å². The number of piperazine rings is 1. The molecule has 18 heavy (non-hydrogen) atoms. The summed E-state index contributed by atoms with van der Waals surface area (Å²) in [4.78, 5) is 2.88. The first-order chi connectivity index (χ1) is 8.60. The summed E-state index contributed by atoms with van der Waals surface area (Å²) in [6, 6.07) is 0.746. The molecule has 2 heteroatoms. The third-order valence-corrected chi connectivity index (χ3v) is 6.09. The molecule has 0 aromatic rings. The Labute approximate surface area is 113 Å². The molecule has 2 saturated carbocycles. The van der Waals surface area contributed by atoms with Gasteiger partial charge in [0.2, 0.25) is 0 Å². The van der Waals surface area contributed by atoms with Crippen molar-refractivity contribution in [3.05, 3.63) is 0 Å². The highest BCUT2D eigenvalue weighted by Gasteiger charge is 2.53. The predicted molar refractivity (Wildman–Crippen MR) is 76.8 cm³/mol. The Kier molecular flexibility index (Phi) is 3.22. The van der Waals surface area contributed by atoms with Gasteiger partial charge in [-0.1, -0.05) is 19.8 Å². The van der Waals surface area contributed by atoms with Crippen molar-refractivity contribution >= 4 is 0 Å². The van der Waals surface area contributed by atoms with Crippen LogP contribution in [0.2, 0.25) is 0 Å². The minimum absolute atomic E-state index is 0.434. The molecular weight excluding hydrogens is 220 g/mol. The fraction of sp³-hybridized carbons (Fsp3) is 1.00. The lowest BCUT2D eigenvalue weighted by molar-refractivity contribution is -0.0253. The zero-order chi connectivity index (χ0) is 12.8. The van der Waals surface area contributed by atoms with E-state index in [1.165, 1.54) is 58.0 Å². The highest BCUT2D eigenvalue weighted by Crippen LogP contribution is 2.47. The van der Waals surface area contributed by atoms with E-state index in [1.807, 2.05) is 0 Å². The lowest BCUT2D eigenvalue weighted by atomic mass is 9.82. The molecule has 0 aromatic heterocycles. The second kappa shape index (κ2) is 4.49. The van der Waals surface area contributed by atoms with E-state index in [0.29, 0.717) is 11.1 Å². The summed E-state index contributed by atoms with van der Waals surface area (Å²) in [6.45, 7) is 9.83. The minimum Gasteiger partial charge on any atom is -0.308 e. The van der Waals surface area contributed by atoms with Gasteiger partial charge in [0.15, 0.2) is 0 Å². The Morgan fingerprint density at radius 3 is 2.50 bits per heavy atom. The van der Waals surface area contributed by atoms with Crippen molar-refractivity contribution in [3.63, 3.8) is 0 Å². The molecule has 0 amide bonds. The molecule has 1 heterocycles. The average molecular weight is 250 g/mol. The number of hydrogen-bond donors (Lipinski definition) is 1. The highest BCUT2D eigenvalue weighted by molar-refractivity contribution is 5.11. The van der Waals surface area contributed by atoms with Crippen LogP contribution in [0.15, 0.2) is 0 Å². The fourth-order valence-corrected chi connectivity index (χ4v) is 4.38. The minimum atomic E-state index is 0.434. The molecule has 2 aliphatic carbocycles. The lowest BCUT2D eigenvalue weighted by Gasteiger charge is -2.55. The molecule has 1 spiro atoms. The van der Waals surface area contributed by atoms with E-state index in [2.05, 4.69) is 31.0 Å². The third-order valence-electron chi connectivity index (χ3n) is 6.09. The van der Waals surface area contributed by atoms with Crippen molar-refractivity contribution in [2.75, 3.05) is 13.1 Å². The molecule has 2 unspecified atom stereocenters. The number of rotatable bonds is 3. The Hall–Kier alpha value is -0.0800. The largest absolute Gasteiger partial charge is 0.308 e. The fourth-order valence-electron chi connectivity index (χ4n) is 4.38. The zero-order valence-corrected chi connectivity index (χ0v) is 12.5. The maximum Gasteiger partial charge on any atom is 0.0337 e. The maximum atomic E-state index is 3.97. The first-order valence-corrected chi connectivity index (χ1v) is 8.11. The summed E-state index contributed by atoms with van der Waals surface area (Å²) >= 11 is 0. The van der Waals surface area contributed by atoms with Gasteiger partial charge in [-0.05, 0) is 51.9 Å². The molecule has 0 radical (unpaired) electrons. The third kappa shape index (κ3) is 2.02. The van der Waals surface area contributed by atoms with E-state index in [-0.39, 0.29) is 0 Å². The summed E-state index contributed by atoms with van der Waals surface area (Å²) in [5.41, 5.74) is 0.904. The number of hydrogen-bond acceptors (Lipinski definition) is 2. The summed E-state index contributed by atoms with van der Waals surface area (Å²) < 4.78 is 0. The van der Waals surface area contributed by atoms with Crippen molar-refractivity contribution in [1.29, 1.82) is 0 Å². The summed E-state index contributed by atoms with van der Waals surface area (Å²) in [5, 5.41) is 3.97. The van der Waals surface area contributed by atoms with Gasteiger partial charge in [-0.3, -0.25) is 4.90 Å². The molecule has 3 rings (SSSR count). The first-order valence-electron chi connectivity index (χ1n) is 8.11. The summed E-state index contributed by atoms with van der Waals surface area (Å²) in [7, 11) is 0. The lowest BCUT2D eigenvalue weighted by Crippen LogP contribution is -2.70. The van der Waals surface area contributed by atoms with Gasteiger partial charge in [-0.15, -0.1) is 0 Å². The van der Waals surface area contributed by atoms with E-state index in [0.717, 1.165) is 12.0 Å². The standard InChI is InChI=1S/C16H30N2/c1-4-13(2)18-12-16(9-5-6-10-16)17-11-15(18,3)14-7-8-14/h13-14,17H,4-12H2,1-3H3. The van der Waals surface area contributed by atoms with Crippen LogP contribution in [-0.4, -0.2) is 35.1 Å².